The summed E-state index contributed by atoms with van der Waals surface area (Å²) in [5.41, 5.74) is 0. The third-order valence-electron chi connectivity index (χ3n) is 14.0. The number of hydrogen-bond donors (Lipinski definition) is 0. The Morgan fingerprint density at radius 2 is 0.470 bits per heavy atom. The van der Waals surface area contributed by atoms with Crippen molar-refractivity contribution in [3.05, 3.63) is 158 Å². The summed E-state index contributed by atoms with van der Waals surface area (Å²) in [6.45, 7) is 6.38. The van der Waals surface area contributed by atoms with Gasteiger partial charge in [0.15, 0.2) is 6.10 Å². The van der Waals surface area contributed by atoms with Gasteiger partial charge in [0.1, 0.15) is 13.2 Å². The van der Waals surface area contributed by atoms with Gasteiger partial charge in [0.25, 0.3) is 0 Å². The molecule has 0 saturated carbocycles. The predicted molar refractivity (Wildman–Crippen MR) is 362 cm³/mol. The second-order valence-electron chi connectivity index (χ2n) is 22.0. The molecule has 0 aliphatic heterocycles. The molecule has 0 heterocycles. The Balaban J connectivity index is 4.30. The maximum Gasteiger partial charge on any atom is 0.306 e. The number of carbonyl (C=O) groups excluding carboxylic acids is 3. The fraction of sp³-hybridized carbons (Fsp3) is 0.623. The second kappa shape index (κ2) is 69.5. The monoisotopic (exact) mass is 1140 g/mol. The van der Waals surface area contributed by atoms with E-state index in [2.05, 4.69) is 179 Å². The van der Waals surface area contributed by atoms with Crippen molar-refractivity contribution >= 4 is 17.9 Å². The first-order valence-corrected chi connectivity index (χ1v) is 34.0. The highest BCUT2D eigenvalue weighted by molar-refractivity contribution is 5.71. The molecule has 0 aliphatic carbocycles. The van der Waals surface area contributed by atoms with Gasteiger partial charge < -0.3 is 14.2 Å². The van der Waals surface area contributed by atoms with Gasteiger partial charge in [0.05, 0.1) is 0 Å². The fourth-order valence-electron chi connectivity index (χ4n) is 8.97. The zero-order chi connectivity index (χ0) is 59.9. The van der Waals surface area contributed by atoms with E-state index in [0.717, 1.165) is 161 Å². The molecule has 0 bridgehead atoms. The normalized spacial score (nSPS) is 13.1. The van der Waals surface area contributed by atoms with Crippen molar-refractivity contribution in [1.82, 2.24) is 0 Å². The van der Waals surface area contributed by atoms with Gasteiger partial charge in [-0.3, -0.25) is 14.4 Å². The number of rotatable bonds is 60. The first-order chi connectivity index (χ1) is 41.0. The molecule has 468 valence electrons. The molecule has 0 aromatic heterocycles. The maximum atomic E-state index is 12.9. The van der Waals surface area contributed by atoms with E-state index in [1.54, 1.807) is 0 Å². The van der Waals surface area contributed by atoms with Crippen LogP contribution >= 0.6 is 0 Å². The Morgan fingerprint density at radius 3 is 0.747 bits per heavy atom. The number of carbonyl (C=O) groups is 3. The molecule has 6 heteroatoms. The zero-order valence-corrected chi connectivity index (χ0v) is 53.7. The second-order valence-corrected chi connectivity index (χ2v) is 22.0. The molecular formula is C77H124O6. The van der Waals surface area contributed by atoms with E-state index in [1.807, 2.05) is 0 Å². The molecular weight excluding hydrogens is 1020 g/mol. The van der Waals surface area contributed by atoms with E-state index in [1.165, 1.54) is 89.9 Å². The third kappa shape index (κ3) is 67.7. The van der Waals surface area contributed by atoms with Crippen molar-refractivity contribution in [3.63, 3.8) is 0 Å². The first kappa shape index (κ1) is 78.0. The number of esters is 3. The van der Waals surface area contributed by atoms with Crippen LogP contribution in [0.15, 0.2) is 158 Å². The van der Waals surface area contributed by atoms with Crippen LogP contribution in [-0.2, 0) is 28.6 Å². The van der Waals surface area contributed by atoms with Crippen LogP contribution < -0.4 is 0 Å². The number of unbranched alkanes of at least 4 members (excludes halogenated alkanes) is 23. The van der Waals surface area contributed by atoms with Crippen LogP contribution in [-0.4, -0.2) is 37.2 Å². The summed E-state index contributed by atoms with van der Waals surface area (Å²) in [6, 6.07) is 0. The molecule has 0 aromatic rings. The standard InChI is InChI=1S/C77H124O6/c1-4-7-10-13-16-19-22-25-27-29-30-31-32-33-34-35-36-37-38-39-40-41-42-43-44-45-46-48-49-52-55-58-61-64-67-70-76(79)82-73-74(72-81-75(78)69-66-63-60-57-54-51-24-21-18-15-12-9-6-3)83-77(80)71-68-65-62-59-56-53-50-47-28-26-23-20-17-14-11-8-5-2/h7-8,10-11,16-17,19-21,24-28,30-31,33-34,36-37,39-40,42-43,45-46,74H,4-6,9,12-15,18,22-23,29,32,35,38,41,44,47-73H2,1-3H3/b10-7-,11-8-,19-16-,20-17-,24-21-,27-25-,28-26-,31-30-,34-33-,37-36-,40-39-,43-42-,46-45-. The lowest BCUT2D eigenvalue weighted by atomic mass is 10.1. The molecule has 0 radical (unpaired) electrons. The van der Waals surface area contributed by atoms with Crippen molar-refractivity contribution < 1.29 is 28.6 Å². The summed E-state index contributed by atoms with van der Waals surface area (Å²) in [6.07, 6.45) is 101. The van der Waals surface area contributed by atoms with E-state index in [4.69, 9.17) is 14.2 Å². The van der Waals surface area contributed by atoms with Gasteiger partial charge in [-0.05, 0) is 148 Å². The van der Waals surface area contributed by atoms with Crippen LogP contribution in [0, 0.1) is 0 Å². The lowest BCUT2D eigenvalue weighted by molar-refractivity contribution is -0.167. The molecule has 1 unspecified atom stereocenters. The van der Waals surface area contributed by atoms with Crippen molar-refractivity contribution in [2.24, 2.45) is 0 Å². The van der Waals surface area contributed by atoms with Gasteiger partial charge in [-0.1, -0.05) is 281 Å². The van der Waals surface area contributed by atoms with Crippen molar-refractivity contribution in [1.29, 1.82) is 0 Å². The molecule has 0 amide bonds. The Morgan fingerprint density at radius 1 is 0.253 bits per heavy atom. The fourth-order valence-corrected chi connectivity index (χ4v) is 8.97. The summed E-state index contributed by atoms with van der Waals surface area (Å²) < 4.78 is 16.9. The van der Waals surface area contributed by atoms with Gasteiger partial charge in [0.2, 0.25) is 0 Å². The van der Waals surface area contributed by atoms with Crippen molar-refractivity contribution in [2.45, 2.75) is 297 Å². The molecule has 0 saturated heterocycles. The Bertz CT molecular complexity index is 1840. The maximum absolute atomic E-state index is 12.9. The minimum absolute atomic E-state index is 0.0941. The molecule has 0 aromatic carbocycles. The van der Waals surface area contributed by atoms with Gasteiger partial charge in [-0.15, -0.1) is 0 Å². The Labute approximate surface area is 511 Å². The molecule has 6 nitrogen and oxygen atoms in total. The highest BCUT2D eigenvalue weighted by Crippen LogP contribution is 2.15. The Hall–Kier alpha value is -4.97. The SMILES string of the molecule is CC/C=C\C/C=C\C/C=C\C/C=C\C/C=C\C/C=C\C/C=C\C/C=C\C/C=C\CCCCCCCCCC(=O)OCC(COC(=O)CCCCCCC/C=C\CCCCCC)OC(=O)CCCCCCCCC/C=C\C/C=C\C/C=C\CC. The summed E-state index contributed by atoms with van der Waals surface area (Å²) in [4.78, 5) is 38.3. The summed E-state index contributed by atoms with van der Waals surface area (Å²) >= 11 is 0. The number of allylic oxidation sites excluding steroid dienone is 26. The van der Waals surface area contributed by atoms with E-state index in [-0.39, 0.29) is 31.1 Å². The van der Waals surface area contributed by atoms with Crippen LogP contribution in [0.25, 0.3) is 0 Å². The molecule has 1 atom stereocenters. The van der Waals surface area contributed by atoms with Crippen LogP contribution in [0.2, 0.25) is 0 Å². The smallest absolute Gasteiger partial charge is 0.306 e. The van der Waals surface area contributed by atoms with Crippen LogP contribution in [0.5, 0.6) is 0 Å². The largest absolute Gasteiger partial charge is 0.462 e. The van der Waals surface area contributed by atoms with Crippen molar-refractivity contribution in [3.8, 4) is 0 Å². The highest BCUT2D eigenvalue weighted by Gasteiger charge is 2.19. The Kier molecular flexibility index (Phi) is 65.4. The van der Waals surface area contributed by atoms with Gasteiger partial charge in [-0.2, -0.15) is 0 Å². The number of ether oxygens (including phenoxy) is 3. The quantitative estimate of drug-likeness (QED) is 0.0261. The average molecular weight is 1150 g/mol. The van der Waals surface area contributed by atoms with Gasteiger partial charge in [0, 0.05) is 19.3 Å². The van der Waals surface area contributed by atoms with E-state index < -0.39 is 6.10 Å². The average Bonchev–Trinajstić information content (AvgIpc) is 3.49. The molecule has 83 heavy (non-hydrogen) atoms. The molecule has 0 rings (SSSR count). The topological polar surface area (TPSA) is 78.9 Å². The van der Waals surface area contributed by atoms with Gasteiger partial charge >= 0.3 is 17.9 Å². The lowest BCUT2D eigenvalue weighted by Crippen LogP contribution is -2.30. The van der Waals surface area contributed by atoms with E-state index in [0.29, 0.717) is 19.3 Å². The van der Waals surface area contributed by atoms with Gasteiger partial charge in [-0.25, -0.2) is 0 Å². The van der Waals surface area contributed by atoms with Crippen LogP contribution in [0.3, 0.4) is 0 Å². The summed E-state index contributed by atoms with van der Waals surface area (Å²) in [5, 5.41) is 0. The molecule has 0 aliphatic rings. The summed E-state index contributed by atoms with van der Waals surface area (Å²) in [5.74, 6) is -0.923. The number of hydrogen-bond acceptors (Lipinski definition) is 6. The summed E-state index contributed by atoms with van der Waals surface area (Å²) in [7, 11) is 0. The molecule has 0 N–H and O–H groups in total. The van der Waals surface area contributed by atoms with E-state index >= 15 is 0 Å². The first-order valence-electron chi connectivity index (χ1n) is 34.0. The minimum atomic E-state index is -0.799. The third-order valence-corrected chi connectivity index (χ3v) is 14.0. The molecule has 0 fully saturated rings. The van der Waals surface area contributed by atoms with E-state index in [9.17, 15) is 14.4 Å². The van der Waals surface area contributed by atoms with Crippen LogP contribution in [0.4, 0.5) is 0 Å². The van der Waals surface area contributed by atoms with Crippen molar-refractivity contribution in [2.75, 3.05) is 13.2 Å². The zero-order valence-electron chi connectivity index (χ0n) is 53.7. The predicted octanol–water partition coefficient (Wildman–Crippen LogP) is 23.7. The molecule has 0 spiro atoms. The van der Waals surface area contributed by atoms with Crippen LogP contribution in [0.1, 0.15) is 290 Å². The lowest BCUT2D eigenvalue weighted by Gasteiger charge is -2.18. The highest BCUT2D eigenvalue weighted by atomic mass is 16.6. The minimum Gasteiger partial charge on any atom is -0.462 e.